The van der Waals surface area contributed by atoms with E-state index in [-0.39, 0.29) is 11.8 Å². The van der Waals surface area contributed by atoms with Gasteiger partial charge in [-0.15, -0.1) is 11.3 Å². The lowest BCUT2D eigenvalue weighted by molar-refractivity contribution is -0.119. The molecule has 148 valence electrons. The summed E-state index contributed by atoms with van der Waals surface area (Å²) >= 11 is 13.5. The van der Waals surface area contributed by atoms with E-state index < -0.39 is 6.04 Å². The van der Waals surface area contributed by atoms with E-state index in [0.717, 1.165) is 12.8 Å². The van der Waals surface area contributed by atoms with Crippen LogP contribution in [-0.2, 0) is 4.79 Å². The van der Waals surface area contributed by atoms with Gasteiger partial charge in [0.05, 0.1) is 33.1 Å². The van der Waals surface area contributed by atoms with Crippen molar-refractivity contribution >= 4 is 52.0 Å². The highest BCUT2D eigenvalue weighted by Gasteiger charge is 2.35. The van der Waals surface area contributed by atoms with E-state index in [2.05, 4.69) is 5.32 Å². The van der Waals surface area contributed by atoms with Crippen molar-refractivity contribution in [1.82, 2.24) is 4.90 Å². The maximum atomic E-state index is 12.9. The number of carbonyl (C=O) groups is 2. The fraction of sp³-hybridized carbons (Fsp3) is 0.368. The predicted octanol–water partition coefficient (Wildman–Crippen LogP) is 4.46. The number of fused-ring (bicyclic) bond motifs is 1. The van der Waals surface area contributed by atoms with E-state index in [9.17, 15) is 9.59 Å². The lowest BCUT2D eigenvalue weighted by Gasteiger charge is -2.24. The SMILES string of the molecule is O=C(Nc1cc2c(cc1Cl)OCCCO2)C1CCCN1C(=O)c1ccc(Cl)s1. The van der Waals surface area contributed by atoms with Crippen molar-refractivity contribution in [3.63, 3.8) is 0 Å². The van der Waals surface area contributed by atoms with Crippen molar-refractivity contribution in [3.8, 4) is 11.5 Å². The average molecular weight is 441 g/mol. The number of ether oxygens (including phenoxy) is 2. The molecule has 2 aliphatic rings. The summed E-state index contributed by atoms with van der Waals surface area (Å²) in [5.74, 6) is 0.654. The highest BCUT2D eigenvalue weighted by atomic mass is 35.5. The molecular weight excluding hydrogens is 423 g/mol. The maximum Gasteiger partial charge on any atom is 0.264 e. The quantitative estimate of drug-likeness (QED) is 0.764. The number of halogens is 2. The summed E-state index contributed by atoms with van der Waals surface area (Å²) in [4.78, 5) is 27.8. The Morgan fingerprint density at radius 2 is 1.86 bits per heavy atom. The fourth-order valence-electron chi connectivity index (χ4n) is 3.35. The second kappa shape index (κ2) is 8.19. The summed E-state index contributed by atoms with van der Waals surface area (Å²) in [5.41, 5.74) is 0.439. The minimum Gasteiger partial charge on any atom is -0.490 e. The number of amides is 2. The number of likely N-dealkylation sites (tertiary alicyclic amines) is 1. The van der Waals surface area contributed by atoms with Crippen molar-refractivity contribution in [2.45, 2.75) is 25.3 Å². The molecule has 2 aromatic rings. The molecule has 0 bridgehead atoms. The van der Waals surface area contributed by atoms with Crippen LogP contribution in [0.5, 0.6) is 11.5 Å². The van der Waals surface area contributed by atoms with Gasteiger partial charge in [-0.2, -0.15) is 0 Å². The molecule has 0 spiro atoms. The number of anilines is 1. The minimum absolute atomic E-state index is 0.181. The van der Waals surface area contributed by atoms with Crippen molar-refractivity contribution in [3.05, 3.63) is 38.5 Å². The summed E-state index contributed by atoms with van der Waals surface area (Å²) in [7, 11) is 0. The van der Waals surface area contributed by atoms with Crippen LogP contribution in [0.1, 0.15) is 28.9 Å². The number of thiophene rings is 1. The standard InChI is InChI=1S/C19H18Cl2N2O4S/c20-11-9-14-15(27-8-2-7-26-14)10-12(11)22-18(24)13-3-1-6-23(13)19(25)16-4-5-17(21)28-16/h4-5,9-10,13H,1-3,6-8H2,(H,22,24). The first-order valence-corrected chi connectivity index (χ1v) is 10.6. The van der Waals surface area contributed by atoms with Gasteiger partial charge in [0.25, 0.3) is 5.91 Å². The van der Waals surface area contributed by atoms with E-state index in [4.69, 9.17) is 32.7 Å². The molecule has 1 fully saturated rings. The third kappa shape index (κ3) is 3.92. The maximum absolute atomic E-state index is 12.9. The molecule has 1 aromatic heterocycles. The molecule has 0 saturated carbocycles. The Hall–Kier alpha value is -1.96. The van der Waals surface area contributed by atoms with Crippen molar-refractivity contribution in [2.24, 2.45) is 0 Å². The van der Waals surface area contributed by atoms with Crippen LogP contribution in [0.4, 0.5) is 5.69 Å². The van der Waals surface area contributed by atoms with Crippen LogP contribution in [0.15, 0.2) is 24.3 Å². The van der Waals surface area contributed by atoms with Gasteiger partial charge in [0, 0.05) is 25.1 Å². The molecule has 6 nitrogen and oxygen atoms in total. The topological polar surface area (TPSA) is 67.9 Å². The highest BCUT2D eigenvalue weighted by Crippen LogP contribution is 2.38. The zero-order valence-corrected chi connectivity index (χ0v) is 17.2. The molecule has 4 rings (SSSR count). The number of nitrogens with one attached hydrogen (secondary N) is 1. The Balaban J connectivity index is 1.51. The third-order valence-corrected chi connectivity index (χ3v) is 6.23. The fourth-order valence-corrected chi connectivity index (χ4v) is 4.55. The molecule has 1 atom stereocenters. The van der Waals surface area contributed by atoms with Crippen LogP contribution < -0.4 is 14.8 Å². The largest absolute Gasteiger partial charge is 0.490 e. The van der Waals surface area contributed by atoms with Crippen molar-refractivity contribution in [2.75, 3.05) is 25.1 Å². The Bertz CT molecular complexity index is 917. The highest BCUT2D eigenvalue weighted by molar-refractivity contribution is 7.18. The molecule has 1 aromatic carbocycles. The molecule has 9 heteroatoms. The Morgan fingerprint density at radius 3 is 2.57 bits per heavy atom. The number of rotatable bonds is 3. The number of hydrogen-bond acceptors (Lipinski definition) is 5. The normalized spacial score (nSPS) is 18.6. The van der Waals surface area contributed by atoms with Crippen LogP contribution in [0.2, 0.25) is 9.36 Å². The van der Waals surface area contributed by atoms with Gasteiger partial charge in [-0.3, -0.25) is 9.59 Å². The molecule has 0 radical (unpaired) electrons. The molecule has 1 unspecified atom stereocenters. The number of carbonyl (C=O) groups excluding carboxylic acids is 2. The molecule has 1 N–H and O–H groups in total. The van der Waals surface area contributed by atoms with Crippen LogP contribution in [-0.4, -0.2) is 42.5 Å². The monoisotopic (exact) mass is 440 g/mol. The Morgan fingerprint density at radius 1 is 1.11 bits per heavy atom. The van der Waals surface area contributed by atoms with Crippen LogP contribution in [0.3, 0.4) is 0 Å². The van der Waals surface area contributed by atoms with E-state index in [1.165, 1.54) is 11.3 Å². The first-order valence-electron chi connectivity index (χ1n) is 8.99. The number of nitrogens with zero attached hydrogens (tertiary/aromatic N) is 1. The number of benzene rings is 1. The molecule has 28 heavy (non-hydrogen) atoms. The van der Waals surface area contributed by atoms with E-state index >= 15 is 0 Å². The van der Waals surface area contributed by atoms with E-state index in [1.807, 2.05) is 0 Å². The van der Waals surface area contributed by atoms with Crippen molar-refractivity contribution < 1.29 is 19.1 Å². The van der Waals surface area contributed by atoms with E-state index in [0.29, 0.717) is 57.6 Å². The predicted molar refractivity (Wildman–Crippen MR) is 109 cm³/mol. The van der Waals surface area contributed by atoms with Crippen LogP contribution >= 0.6 is 34.5 Å². The van der Waals surface area contributed by atoms with Gasteiger partial charge < -0.3 is 19.7 Å². The molecule has 3 heterocycles. The van der Waals surface area contributed by atoms with E-state index in [1.54, 1.807) is 29.2 Å². The third-order valence-electron chi connectivity index (χ3n) is 4.70. The van der Waals surface area contributed by atoms with Gasteiger partial charge >= 0.3 is 0 Å². The zero-order chi connectivity index (χ0) is 19.7. The second-order valence-electron chi connectivity index (χ2n) is 6.58. The van der Waals surface area contributed by atoms with Gasteiger partial charge in [-0.05, 0) is 25.0 Å². The average Bonchev–Trinajstić information content (AvgIpc) is 3.27. The van der Waals surface area contributed by atoms with Gasteiger partial charge in [0.15, 0.2) is 11.5 Å². The number of hydrogen-bond donors (Lipinski definition) is 1. The van der Waals surface area contributed by atoms with Crippen LogP contribution in [0, 0.1) is 0 Å². The van der Waals surface area contributed by atoms with Crippen molar-refractivity contribution in [1.29, 1.82) is 0 Å². The molecule has 2 amide bonds. The van der Waals surface area contributed by atoms with Gasteiger partial charge in [0.2, 0.25) is 5.91 Å². The summed E-state index contributed by atoms with van der Waals surface area (Å²) in [6.07, 6.45) is 2.14. The first-order chi connectivity index (χ1) is 13.5. The first kappa shape index (κ1) is 19.4. The lowest BCUT2D eigenvalue weighted by Crippen LogP contribution is -2.43. The van der Waals surface area contributed by atoms with Gasteiger partial charge in [-0.25, -0.2) is 0 Å². The molecule has 1 saturated heterocycles. The molecule has 0 aliphatic carbocycles. The Kier molecular flexibility index (Phi) is 5.66. The zero-order valence-electron chi connectivity index (χ0n) is 14.9. The minimum atomic E-state index is -0.555. The summed E-state index contributed by atoms with van der Waals surface area (Å²) in [5, 5.41) is 3.20. The second-order valence-corrected chi connectivity index (χ2v) is 8.70. The van der Waals surface area contributed by atoms with Gasteiger partial charge in [-0.1, -0.05) is 23.2 Å². The smallest absolute Gasteiger partial charge is 0.264 e. The summed E-state index contributed by atoms with van der Waals surface area (Å²) in [6.45, 7) is 1.62. The van der Waals surface area contributed by atoms with Gasteiger partial charge in [0.1, 0.15) is 6.04 Å². The Labute approximate surface area is 176 Å². The van der Waals surface area contributed by atoms with Crippen LogP contribution in [0.25, 0.3) is 0 Å². The molecule has 2 aliphatic heterocycles. The lowest BCUT2D eigenvalue weighted by atomic mass is 10.2. The molecular formula is C19H18Cl2N2O4S. The summed E-state index contributed by atoms with van der Waals surface area (Å²) < 4.78 is 11.8. The summed E-state index contributed by atoms with van der Waals surface area (Å²) in [6, 6.07) is 6.12.